The molecule has 0 atom stereocenters. The van der Waals surface area contributed by atoms with E-state index in [0.717, 1.165) is 41.4 Å². The first-order chi connectivity index (χ1) is 9.24. The number of nitrogens with one attached hydrogen (secondary N) is 1. The highest BCUT2D eigenvalue weighted by Gasteiger charge is 2.08. The molecule has 0 aromatic carbocycles. The molecule has 2 aromatic rings. The Morgan fingerprint density at radius 2 is 2.05 bits per heavy atom. The number of pyridine rings is 2. The summed E-state index contributed by atoms with van der Waals surface area (Å²) in [4.78, 5) is 8.63. The van der Waals surface area contributed by atoms with Crippen molar-refractivity contribution in [2.45, 2.75) is 26.8 Å². The van der Waals surface area contributed by atoms with Gasteiger partial charge in [0.1, 0.15) is 11.5 Å². The van der Waals surface area contributed by atoms with Crippen molar-refractivity contribution in [3.05, 3.63) is 47.5 Å². The van der Waals surface area contributed by atoms with Gasteiger partial charge in [0, 0.05) is 30.2 Å². The summed E-state index contributed by atoms with van der Waals surface area (Å²) in [5.41, 5.74) is 3.02. The van der Waals surface area contributed by atoms with Gasteiger partial charge >= 0.3 is 0 Å². The molecule has 0 spiro atoms. The lowest BCUT2D eigenvalue weighted by Crippen LogP contribution is -2.07. The van der Waals surface area contributed by atoms with Crippen molar-refractivity contribution >= 4 is 0 Å². The second-order valence-electron chi connectivity index (χ2n) is 4.37. The van der Waals surface area contributed by atoms with Crippen LogP contribution in [-0.2, 0) is 13.0 Å². The monoisotopic (exact) mass is 257 g/mol. The molecule has 4 nitrogen and oxygen atoms in total. The molecule has 0 radical (unpaired) electrons. The van der Waals surface area contributed by atoms with Gasteiger partial charge in [0.2, 0.25) is 0 Å². The standard InChI is InChI=1S/C15H19N3O/c1-4-13-15(6-5-11(2)18-13)19-14-7-8-17-10-12(14)9-16-3/h5-8,10,16H,4,9H2,1-3H3. The van der Waals surface area contributed by atoms with Crippen molar-refractivity contribution < 1.29 is 4.74 Å². The molecule has 0 aliphatic rings. The summed E-state index contributed by atoms with van der Waals surface area (Å²) in [6.45, 7) is 4.79. The van der Waals surface area contributed by atoms with Crippen LogP contribution in [-0.4, -0.2) is 17.0 Å². The van der Waals surface area contributed by atoms with Gasteiger partial charge in [-0.05, 0) is 38.6 Å². The summed E-state index contributed by atoms with van der Waals surface area (Å²) in [5, 5.41) is 3.11. The Kier molecular flexibility index (Phi) is 4.47. The van der Waals surface area contributed by atoms with E-state index in [1.54, 1.807) is 6.20 Å². The zero-order valence-corrected chi connectivity index (χ0v) is 11.6. The summed E-state index contributed by atoms with van der Waals surface area (Å²) in [5.74, 6) is 1.64. The van der Waals surface area contributed by atoms with Crippen LogP contribution < -0.4 is 10.1 Å². The van der Waals surface area contributed by atoms with E-state index in [4.69, 9.17) is 4.74 Å². The van der Waals surface area contributed by atoms with Crippen molar-refractivity contribution in [1.29, 1.82) is 0 Å². The van der Waals surface area contributed by atoms with Gasteiger partial charge in [-0.25, -0.2) is 0 Å². The summed E-state index contributed by atoms with van der Waals surface area (Å²) < 4.78 is 6.00. The molecule has 1 N–H and O–H groups in total. The average molecular weight is 257 g/mol. The lowest BCUT2D eigenvalue weighted by molar-refractivity contribution is 0.464. The van der Waals surface area contributed by atoms with Gasteiger partial charge in [-0.2, -0.15) is 0 Å². The third-order valence-electron chi connectivity index (χ3n) is 2.85. The minimum Gasteiger partial charge on any atom is -0.455 e. The molecule has 0 aliphatic carbocycles. The van der Waals surface area contributed by atoms with Gasteiger partial charge in [0.15, 0.2) is 0 Å². The summed E-state index contributed by atoms with van der Waals surface area (Å²) in [6, 6.07) is 5.82. The summed E-state index contributed by atoms with van der Waals surface area (Å²) in [6.07, 6.45) is 4.41. The number of nitrogens with zero attached hydrogens (tertiary/aromatic N) is 2. The first kappa shape index (κ1) is 13.5. The van der Waals surface area contributed by atoms with Gasteiger partial charge in [0.05, 0.1) is 5.69 Å². The number of ether oxygens (including phenoxy) is 1. The van der Waals surface area contributed by atoms with Crippen LogP contribution in [0, 0.1) is 6.92 Å². The quantitative estimate of drug-likeness (QED) is 0.894. The molecule has 0 saturated carbocycles. The van der Waals surface area contributed by atoms with Gasteiger partial charge in [0.25, 0.3) is 0 Å². The Labute approximate surface area is 113 Å². The predicted molar refractivity (Wildman–Crippen MR) is 75.4 cm³/mol. The molecule has 0 unspecified atom stereocenters. The molecule has 2 rings (SSSR count). The Hall–Kier alpha value is -1.94. The highest BCUT2D eigenvalue weighted by molar-refractivity contribution is 5.38. The van der Waals surface area contributed by atoms with Crippen LogP contribution in [0.4, 0.5) is 0 Å². The molecular weight excluding hydrogens is 238 g/mol. The molecule has 0 saturated heterocycles. The van der Waals surface area contributed by atoms with E-state index in [1.165, 1.54) is 0 Å². The molecule has 100 valence electrons. The van der Waals surface area contributed by atoms with Gasteiger partial charge in [-0.3, -0.25) is 9.97 Å². The van der Waals surface area contributed by atoms with E-state index in [0.29, 0.717) is 0 Å². The van der Waals surface area contributed by atoms with E-state index in [1.807, 2.05) is 38.4 Å². The molecule has 0 amide bonds. The first-order valence-electron chi connectivity index (χ1n) is 6.46. The molecule has 19 heavy (non-hydrogen) atoms. The van der Waals surface area contributed by atoms with Crippen LogP contribution in [0.25, 0.3) is 0 Å². The van der Waals surface area contributed by atoms with Crippen molar-refractivity contribution in [2.24, 2.45) is 0 Å². The largest absolute Gasteiger partial charge is 0.455 e. The molecule has 0 fully saturated rings. The molecular formula is C15H19N3O. The fraction of sp³-hybridized carbons (Fsp3) is 0.333. The first-order valence-corrected chi connectivity index (χ1v) is 6.46. The van der Waals surface area contributed by atoms with Crippen LogP contribution in [0.5, 0.6) is 11.5 Å². The predicted octanol–water partition coefficient (Wildman–Crippen LogP) is 2.86. The van der Waals surface area contributed by atoms with Crippen LogP contribution in [0.2, 0.25) is 0 Å². The number of hydrogen-bond acceptors (Lipinski definition) is 4. The Morgan fingerprint density at radius 3 is 2.79 bits per heavy atom. The fourth-order valence-corrected chi connectivity index (χ4v) is 1.90. The van der Waals surface area contributed by atoms with Gasteiger partial charge < -0.3 is 10.1 Å². The van der Waals surface area contributed by atoms with E-state index in [9.17, 15) is 0 Å². The average Bonchev–Trinajstić information content (AvgIpc) is 2.43. The smallest absolute Gasteiger partial charge is 0.148 e. The highest BCUT2D eigenvalue weighted by atomic mass is 16.5. The van der Waals surface area contributed by atoms with E-state index in [-0.39, 0.29) is 0 Å². The molecule has 0 bridgehead atoms. The zero-order valence-electron chi connectivity index (χ0n) is 11.6. The Bertz CT molecular complexity index is 555. The van der Waals surface area contributed by atoms with Crippen LogP contribution in [0.3, 0.4) is 0 Å². The Morgan fingerprint density at radius 1 is 1.21 bits per heavy atom. The summed E-state index contributed by atoms with van der Waals surface area (Å²) >= 11 is 0. The molecule has 2 aromatic heterocycles. The SMILES string of the molecule is CCc1nc(C)ccc1Oc1ccncc1CNC. The van der Waals surface area contributed by atoms with Gasteiger partial charge in [-0.15, -0.1) is 0 Å². The third kappa shape index (κ3) is 3.29. The number of rotatable bonds is 5. The number of aromatic nitrogens is 2. The van der Waals surface area contributed by atoms with Crippen LogP contribution in [0.1, 0.15) is 23.9 Å². The topological polar surface area (TPSA) is 47.0 Å². The molecule has 4 heteroatoms. The molecule has 2 heterocycles. The molecule has 0 aliphatic heterocycles. The summed E-state index contributed by atoms with van der Waals surface area (Å²) in [7, 11) is 1.90. The maximum absolute atomic E-state index is 6.00. The van der Waals surface area contributed by atoms with E-state index < -0.39 is 0 Å². The van der Waals surface area contributed by atoms with Crippen LogP contribution >= 0.6 is 0 Å². The van der Waals surface area contributed by atoms with Gasteiger partial charge in [-0.1, -0.05) is 6.92 Å². The van der Waals surface area contributed by atoms with Crippen molar-refractivity contribution in [3.8, 4) is 11.5 Å². The second-order valence-corrected chi connectivity index (χ2v) is 4.37. The van der Waals surface area contributed by atoms with E-state index >= 15 is 0 Å². The van der Waals surface area contributed by atoms with Crippen molar-refractivity contribution in [1.82, 2.24) is 15.3 Å². The number of aryl methyl sites for hydroxylation is 2. The number of hydrogen-bond donors (Lipinski definition) is 1. The minimum absolute atomic E-state index is 0.726. The third-order valence-corrected chi connectivity index (χ3v) is 2.85. The van der Waals surface area contributed by atoms with Crippen LogP contribution in [0.15, 0.2) is 30.6 Å². The fourth-order valence-electron chi connectivity index (χ4n) is 1.90. The van der Waals surface area contributed by atoms with Crippen molar-refractivity contribution in [2.75, 3.05) is 7.05 Å². The van der Waals surface area contributed by atoms with E-state index in [2.05, 4.69) is 22.2 Å². The maximum atomic E-state index is 6.00. The highest BCUT2D eigenvalue weighted by Crippen LogP contribution is 2.27. The zero-order chi connectivity index (χ0) is 13.7. The maximum Gasteiger partial charge on any atom is 0.148 e. The normalized spacial score (nSPS) is 10.5. The minimum atomic E-state index is 0.726. The Balaban J connectivity index is 2.30. The van der Waals surface area contributed by atoms with Crippen molar-refractivity contribution in [3.63, 3.8) is 0 Å². The lowest BCUT2D eigenvalue weighted by atomic mass is 10.2. The lowest BCUT2D eigenvalue weighted by Gasteiger charge is -2.13. The second kappa shape index (κ2) is 6.29.